The largest absolute Gasteiger partial charge is 0.276 e. The number of hydrogen-bond acceptors (Lipinski definition) is 1. The molecule has 2 heteroatoms. The molecule has 0 saturated heterocycles. The highest BCUT2D eigenvalue weighted by atomic mass is 15.1. The monoisotopic (exact) mass is 185 g/mol. The minimum absolute atomic E-state index is 0.893. The molecule has 0 fully saturated rings. The number of benzene rings is 1. The summed E-state index contributed by atoms with van der Waals surface area (Å²) < 4.78 is 0. The zero-order valence-corrected chi connectivity index (χ0v) is 8.25. The highest BCUT2D eigenvalue weighted by molar-refractivity contribution is 5.25. The van der Waals surface area contributed by atoms with E-state index in [9.17, 15) is 0 Å². The van der Waals surface area contributed by atoms with Gasteiger partial charge < -0.3 is 0 Å². The predicted molar refractivity (Wildman–Crippen MR) is 56.0 cm³/mol. The van der Waals surface area contributed by atoms with Gasteiger partial charge in [0.2, 0.25) is 0 Å². The molecule has 71 valence electrons. The molecule has 1 N–H and O–H groups in total. The van der Waals surface area contributed by atoms with Gasteiger partial charge in [-0.3, -0.25) is 5.10 Å². The number of nitrogens with zero attached hydrogens (tertiary/aromatic N) is 1. The Hall–Kier alpha value is -1.57. The molecular formula is C12H13N2. The zero-order valence-electron chi connectivity index (χ0n) is 8.25. The highest BCUT2D eigenvalue weighted by Gasteiger charge is 2.04. The van der Waals surface area contributed by atoms with Crippen molar-refractivity contribution < 1.29 is 0 Å². The average molecular weight is 185 g/mol. The summed E-state index contributed by atoms with van der Waals surface area (Å²) in [5, 5.41) is 7.00. The molecule has 0 saturated carbocycles. The van der Waals surface area contributed by atoms with E-state index < -0.39 is 0 Å². The van der Waals surface area contributed by atoms with Gasteiger partial charge in [0.15, 0.2) is 0 Å². The molecule has 0 amide bonds. The van der Waals surface area contributed by atoms with E-state index in [1.54, 1.807) is 0 Å². The maximum Gasteiger partial charge on any atom is 0.0866 e. The maximum absolute atomic E-state index is 4.20. The molecule has 0 aliphatic heterocycles. The van der Waals surface area contributed by atoms with Gasteiger partial charge in [0.25, 0.3) is 0 Å². The van der Waals surface area contributed by atoms with Crippen molar-refractivity contribution in [2.45, 2.75) is 19.8 Å². The van der Waals surface area contributed by atoms with Crippen LogP contribution in [0.25, 0.3) is 0 Å². The van der Waals surface area contributed by atoms with E-state index in [2.05, 4.69) is 47.6 Å². The van der Waals surface area contributed by atoms with Crippen LogP contribution in [0.5, 0.6) is 0 Å². The van der Waals surface area contributed by atoms with Crippen molar-refractivity contribution in [3.63, 3.8) is 0 Å². The summed E-state index contributed by atoms with van der Waals surface area (Å²) in [4.78, 5) is 0. The Bertz CT molecular complexity index is 390. The van der Waals surface area contributed by atoms with E-state index in [0.29, 0.717) is 0 Å². The molecule has 0 bridgehead atoms. The Labute approximate surface area is 84.0 Å². The first-order valence-corrected chi connectivity index (χ1v) is 4.88. The maximum atomic E-state index is 4.20. The van der Waals surface area contributed by atoms with Gasteiger partial charge in [-0.05, 0) is 12.0 Å². The van der Waals surface area contributed by atoms with E-state index in [0.717, 1.165) is 18.5 Å². The minimum atomic E-state index is 0.893. The third-order valence-corrected chi connectivity index (χ3v) is 2.31. The van der Waals surface area contributed by atoms with Crippen LogP contribution in [-0.4, -0.2) is 10.2 Å². The smallest absolute Gasteiger partial charge is 0.0866 e. The zero-order chi connectivity index (χ0) is 9.80. The van der Waals surface area contributed by atoms with Crippen LogP contribution in [0.15, 0.2) is 30.3 Å². The highest BCUT2D eigenvalue weighted by Crippen LogP contribution is 2.11. The number of hydrogen-bond donors (Lipinski definition) is 1. The van der Waals surface area contributed by atoms with Crippen molar-refractivity contribution >= 4 is 0 Å². The molecule has 2 rings (SSSR count). The molecule has 1 aromatic heterocycles. The quantitative estimate of drug-likeness (QED) is 0.781. The molecule has 0 unspecified atom stereocenters. The molecule has 0 spiro atoms. The van der Waals surface area contributed by atoms with Gasteiger partial charge in [-0.15, -0.1) is 0 Å². The lowest BCUT2D eigenvalue weighted by molar-refractivity contribution is 0.979. The number of aryl methyl sites for hydroxylation is 1. The first kappa shape index (κ1) is 9.00. The average Bonchev–Trinajstić information content (AvgIpc) is 2.67. The summed E-state index contributed by atoms with van der Waals surface area (Å²) in [6.45, 7) is 2.12. The molecule has 0 aliphatic carbocycles. The molecule has 0 atom stereocenters. The topological polar surface area (TPSA) is 28.7 Å². The van der Waals surface area contributed by atoms with Crippen molar-refractivity contribution in [1.82, 2.24) is 10.2 Å². The lowest BCUT2D eigenvalue weighted by atomic mass is 10.1. The van der Waals surface area contributed by atoms with Gasteiger partial charge >= 0.3 is 0 Å². The van der Waals surface area contributed by atoms with Gasteiger partial charge in [-0.1, -0.05) is 37.3 Å². The SMILES string of the molecule is CCc1[c][nH]nc1Cc1ccccc1. The molecule has 0 aliphatic rings. The second-order valence-corrected chi connectivity index (χ2v) is 3.29. The van der Waals surface area contributed by atoms with Crippen LogP contribution >= 0.6 is 0 Å². The van der Waals surface area contributed by atoms with E-state index in [-0.39, 0.29) is 0 Å². The molecule has 14 heavy (non-hydrogen) atoms. The summed E-state index contributed by atoms with van der Waals surface area (Å²) in [6, 6.07) is 10.4. The van der Waals surface area contributed by atoms with Crippen LogP contribution in [0.4, 0.5) is 0 Å². The van der Waals surface area contributed by atoms with Crippen LogP contribution < -0.4 is 0 Å². The summed E-state index contributed by atoms with van der Waals surface area (Å²) in [5.74, 6) is 0. The van der Waals surface area contributed by atoms with Crippen LogP contribution in [0.2, 0.25) is 0 Å². The third-order valence-electron chi connectivity index (χ3n) is 2.31. The van der Waals surface area contributed by atoms with Crippen molar-refractivity contribution in [1.29, 1.82) is 0 Å². The normalized spacial score (nSPS) is 10.4. The Morgan fingerprint density at radius 1 is 1.29 bits per heavy atom. The Morgan fingerprint density at radius 2 is 2.07 bits per heavy atom. The molecule has 1 radical (unpaired) electrons. The van der Waals surface area contributed by atoms with E-state index in [4.69, 9.17) is 0 Å². The second kappa shape index (κ2) is 4.09. The first-order chi connectivity index (χ1) is 6.90. The summed E-state index contributed by atoms with van der Waals surface area (Å²) in [5.41, 5.74) is 3.59. The summed E-state index contributed by atoms with van der Waals surface area (Å²) in [7, 11) is 0. The number of H-pyrrole nitrogens is 1. The minimum Gasteiger partial charge on any atom is -0.276 e. The standard InChI is InChI=1S/C12H13N2/c1-2-11-9-13-14-12(11)8-10-6-4-3-5-7-10/h3-7H,2,8H2,1H3,(H,13,14). The molecule has 1 heterocycles. The summed E-state index contributed by atoms with van der Waals surface area (Å²) >= 11 is 0. The number of nitrogens with one attached hydrogen (secondary N) is 1. The van der Waals surface area contributed by atoms with E-state index in [1.165, 1.54) is 11.1 Å². The Morgan fingerprint density at radius 3 is 2.79 bits per heavy atom. The Kier molecular flexibility index (Phi) is 2.63. The van der Waals surface area contributed by atoms with Crippen molar-refractivity contribution in [3.05, 3.63) is 53.3 Å². The first-order valence-electron chi connectivity index (χ1n) is 4.88. The van der Waals surface area contributed by atoms with Gasteiger partial charge in [-0.2, -0.15) is 5.10 Å². The van der Waals surface area contributed by atoms with Crippen LogP contribution in [0.3, 0.4) is 0 Å². The van der Waals surface area contributed by atoms with Crippen molar-refractivity contribution in [2.75, 3.05) is 0 Å². The third kappa shape index (κ3) is 1.84. The fourth-order valence-corrected chi connectivity index (χ4v) is 1.53. The van der Waals surface area contributed by atoms with Crippen molar-refractivity contribution in [2.24, 2.45) is 0 Å². The number of aromatic amines is 1. The van der Waals surface area contributed by atoms with E-state index >= 15 is 0 Å². The molecule has 2 aromatic rings. The van der Waals surface area contributed by atoms with Gasteiger partial charge in [-0.25, -0.2) is 0 Å². The predicted octanol–water partition coefficient (Wildman–Crippen LogP) is 2.36. The lowest BCUT2D eigenvalue weighted by Gasteiger charge is -1.99. The van der Waals surface area contributed by atoms with E-state index in [1.807, 2.05) is 6.07 Å². The fraction of sp³-hybridized carbons (Fsp3) is 0.250. The van der Waals surface area contributed by atoms with Crippen LogP contribution in [-0.2, 0) is 12.8 Å². The Balaban J connectivity index is 2.19. The van der Waals surface area contributed by atoms with Crippen LogP contribution in [0, 0.1) is 6.20 Å². The molecular weight excluding hydrogens is 172 g/mol. The lowest BCUT2D eigenvalue weighted by Crippen LogP contribution is -1.92. The number of aromatic nitrogens is 2. The van der Waals surface area contributed by atoms with Gasteiger partial charge in [0.1, 0.15) is 0 Å². The second-order valence-electron chi connectivity index (χ2n) is 3.29. The van der Waals surface area contributed by atoms with Crippen LogP contribution in [0.1, 0.15) is 23.7 Å². The van der Waals surface area contributed by atoms with Gasteiger partial charge in [0.05, 0.1) is 11.9 Å². The molecule has 2 nitrogen and oxygen atoms in total. The van der Waals surface area contributed by atoms with Gasteiger partial charge in [0, 0.05) is 12.0 Å². The fourth-order valence-electron chi connectivity index (χ4n) is 1.53. The number of rotatable bonds is 3. The summed E-state index contributed by atoms with van der Waals surface area (Å²) in [6.07, 6.45) is 4.92. The molecule has 1 aromatic carbocycles. The van der Waals surface area contributed by atoms with Crippen molar-refractivity contribution in [3.8, 4) is 0 Å².